The van der Waals surface area contributed by atoms with Gasteiger partial charge in [-0.25, -0.2) is 0 Å². The number of amides is 2. The SMILES string of the molecule is O=C(C=Cc1ccccc1)N1CCC(C(=O)N2CCCC2c2ccc(Cl)c(Cl)c2)CC1. The lowest BCUT2D eigenvalue weighted by atomic mass is 9.94. The fourth-order valence-electron chi connectivity index (χ4n) is 4.52. The molecular formula is C25H26Cl2N2O2. The van der Waals surface area contributed by atoms with Gasteiger partial charge in [-0.05, 0) is 55.0 Å². The summed E-state index contributed by atoms with van der Waals surface area (Å²) >= 11 is 12.3. The van der Waals surface area contributed by atoms with Gasteiger partial charge in [-0.1, -0.05) is 59.6 Å². The van der Waals surface area contributed by atoms with Gasteiger partial charge in [-0.2, -0.15) is 0 Å². The van der Waals surface area contributed by atoms with Crippen molar-refractivity contribution < 1.29 is 9.59 Å². The third-order valence-electron chi connectivity index (χ3n) is 6.24. The van der Waals surface area contributed by atoms with E-state index in [-0.39, 0.29) is 23.8 Å². The lowest BCUT2D eigenvalue weighted by Crippen LogP contribution is -2.43. The maximum Gasteiger partial charge on any atom is 0.246 e. The third kappa shape index (κ3) is 5.13. The summed E-state index contributed by atoms with van der Waals surface area (Å²) in [5.74, 6) is 0.163. The highest BCUT2D eigenvalue weighted by atomic mass is 35.5. The van der Waals surface area contributed by atoms with Crippen LogP contribution in [0, 0.1) is 5.92 Å². The molecule has 0 aromatic heterocycles. The largest absolute Gasteiger partial charge is 0.339 e. The van der Waals surface area contributed by atoms with Crippen LogP contribution in [-0.2, 0) is 9.59 Å². The van der Waals surface area contributed by atoms with Crippen LogP contribution in [0.4, 0.5) is 0 Å². The molecule has 2 saturated heterocycles. The molecule has 1 atom stereocenters. The second kappa shape index (κ2) is 9.88. The Kier molecular flexibility index (Phi) is 6.99. The summed E-state index contributed by atoms with van der Waals surface area (Å²) in [6, 6.07) is 15.5. The minimum atomic E-state index is -0.0366. The molecule has 0 N–H and O–H groups in total. The number of piperidine rings is 1. The maximum atomic E-state index is 13.3. The Morgan fingerprint density at radius 2 is 1.65 bits per heavy atom. The lowest BCUT2D eigenvalue weighted by molar-refractivity contribution is -0.140. The predicted octanol–water partition coefficient (Wildman–Crippen LogP) is 5.61. The Balaban J connectivity index is 1.34. The molecule has 2 fully saturated rings. The van der Waals surface area contributed by atoms with Crippen molar-refractivity contribution >= 4 is 41.1 Å². The minimum Gasteiger partial charge on any atom is -0.339 e. The van der Waals surface area contributed by atoms with E-state index in [1.165, 1.54) is 0 Å². The van der Waals surface area contributed by atoms with E-state index in [2.05, 4.69) is 0 Å². The van der Waals surface area contributed by atoms with Crippen LogP contribution >= 0.6 is 23.2 Å². The van der Waals surface area contributed by atoms with Gasteiger partial charge in [0.2, 0.25) is 11.8 Å². The van der Waals surface area contributed by atoms with Crippen LogP contribution in [0.2, 0.25) is 10.0 Å². The second-order valence-electron chi connectivity index (χ2n) is 8.21. The molecule has 2 aliphatic heterocycles. The predicted molar refractivity (Wildman–Crippen MR) is 125 cm³/mol. The first-order chi connectivity index (χ1) is 15.0. The molecule has 4 rings (SSSR count). The molecule has 0 saturated carbocycles. The van der Waals surface area contributed by atoms with Gasteiger partial charge in [0.05, 0.1) is 16.1 Å². The summed E-state index contributed by atoms with van der Waals surface area (Å²) in [4.78, 5) is 29.6. The zero-order chi connectivity index (χ0) is 21.8. The lowest BCUT2D eigenvalue weighted by Gasteiger charge is -2.34. The van der Waals surface area contributed by atoms with E-state index in [9.17, 15) is 9.59 Å². The van der Waals surface area contributed by atoms with Gasteiger partial charge in [0, 0.05) is 31.6 Å². The highest BCUT2D eigenvalue weighted by molar-refractivity contribution is 6.42. The molecule has 0 radical (unpaired) electrons. The number of likely N-dealkylation sites (tertiary alicyclic amines) is 2. The molecule has 2 heterocycles. The van der Waals surface area contributed by atoms with Crippen LogP contribution in [-0.4, -0.2) is 41.2 Å². The molecule has 2 aromatic carbocycles. The summed E-state index contributed by atoms with van der Waals surface area (Å²) in [6.07, 6.45) is 6.79. The van der Waals surface area contributed by atoms with Crippen molar-refractivity contribution in [1.29, 1.82) is 0 Å². The third-order valence-corrected chi connectivity index (χ3v) is 6.98. The molecule has 31 heavy (non-hydrogen) atoms. The fraction of sp³-hybridized carbons (Fsp3) is 0.360. The van der Waals surface area contributed by atoms with Crippen molar-refractivity contribution in [2.24, 2.45) is 5.92 Å². The standard InChI is InChI=1S/C25H26Cl2N2O2/c26-21-10-9-20(17-22(21)27)23-7-4-14-29(23)25(31)19-12-15-28(16-13-19)24(30)11-8-18-5-2-1-3-6-18/h1-3,5-6,8-11,17,19,23H,4,7,12-16H2. The number of rotatable bonds is 4. The van der Waals surface area contributed by atoms with E-state index >= 15 is 0 Å². The van der Waals surface area contributed by atoms with Gasteiger partial charge >= 0.3 is 0 Å². The molecule has 0 spiro atoms. The summed E-state index contributed by atoms with van der Waals surface area (Å²) < 4.78 is 0. The zero-order valence-corrected chi connectivity index (χ0v) is 18.9. The highest BCUT2D eigenvalue weighted by Crippen LogP contribution is 2.37. The van der Waals surface area contributed by atoms with Crippen molar-refractivity contribution in [3.8, 4) is 0 Å². The molecule has 2 amide bonds. The number of halogens is 2. The quantitative estimate of drug-likeness (QED) is 0.560. The van der Waals surface area contributed by atoms with Crippen LogP contribution in [0.3, 0.4) is 0 Å². The Bertz CT molecular complexity index is 969. The number of carbonyl (C=O) groups is 2. The Morgan fingerprint density at radius 1 is 0.903 bits per heavy atom. The van der Waals surface area contributed by atoms with E-state index in [0.717, 1.165) is 30.5 Å². The van der Waals surface area contributed by atoms with Crippen molar-refractivity contribution in [3.05, 3.63) is 75.8 Å². The van der Waals surface area contributed by atoms with Crippen LogP contribution in [0.1, 0.15) is 42.9 Å². The van der Waals surface area contributed by atoms with Gasteiger partial charge in [0.1, 0.15) is 0 Å². The number of hydrogen-bond acceptors (Lipinski definition) is 2. The first-order valence-electron chi connectivity index (χ1n) is 10.8. The van der Waals surface area contributed by atoms with E-state index in [1.54, 1.807) is 12.1 Å². The van der Waals surface area contributed by atoms with Crippen LogP contribution in [0.15, 0.2) is 54.6 Å². The van der Waals surface area contributed by atoms with E-state index < -0.39 is 0 Å². The smallest absolute Gasteiger partial charge is 0.246 e. The minimum absolute atomic E-state index is 0.00427. The highest BCUT2D eigenvalue weighted by Gasteiger charge is 2.36. The summed E-state index contributed by atoms with van der Waals surface area (Å²) in [5, 5.41) is 1.05. The molecule has 6 heteroatoms. The van der Waals surface area contributed by atoms with Gasteiger partial charge in [0.15, 0.2) is 0 Å². The molecular weight excluding hydrogens is 431 g/mol. The first-order valence-corrected chi connectivity index (χ1v) is 11.6. The monoisotopic (exact) mass is 456 g/mol. The fourth-order valence-corrected chi connectivity index (χ4v) is 4.82. The molecule has 1 unspecified atom stereocenters. The van der Waals surface area contributed by atoms with Gasteiger partial charge in [0.25, 0.3) is 0 Å². The van der Waals surface area contributed by atoms with Crippen molar-refractivity contribution in [1.82, 2.24) is 9.80 Å². The average molecular weight is 457 g/mol. The number of nitrogens with zero attached hydrogens (tertiary/aromatic N) is 2. The van der Waals surface area contributed by atoms with Crippen LogP contribution < -0.4 is 0 Å². The summed E-state index contributed by atoms with van der Waals surface area (Å²) in [6.45, 7) is 1.99. The average Bonchev–Trinajstić information content (AvgIpc) is 3.29. The molecule has 4 nitrogen and oxygen atoms in total. The Morgan fingerprint density at radius 3 is 2.35 bits per heavy atom. The maximum absolute atomic E-state index is 13.3. The van der Waals surface area contributed by atoms with Crippen LogP contribution in [0.5, 0.6) is 0 Å². The van der Waals surface area contributed by atoms with E-state index in [0.29, 0.717) is 36.0 Å². The number of benzene rings is 2. The normalized spacial score (nSPS) is 19.9. The zero-order valence-electron chi connectivity index (χ0n) is 17.3. The van der Waals surface area contributed by atoms with Crippen LogP contribution in [0.25, 0.3) is 6.08 Å². The number of hydrogen-bond donors (Lipinski definition) is 0. The second-order valence-corrected chi connectivity index (χ2v) is 9.02. The molecule has 2 aliphatic rings. The van der Waals surface area contributed by atoms with Gasteiger partial charge in [-0.3, -0.25) is 9.59 Å². The van der Waals surface area contributed by atoms with E-state index in [1.807, 2.05) is 58.3 Å². The topological polar surface area (TPSA) is 40.6 Å². The molecule has 2 aromatic rings. The molecule has 0 bridgehead atoms. The van der Waals surface area contributed by atoms with Crippen molar-refractivity contribution in [3.63, 3.8) is 0 Å². The van der Waals surface area contributed by atoms with Gasteiger partial charge in [-0.15, -0.1) is 0 Å². The first kappa shape index (κ1) is 21.9. The summed E-state index contributed by atoms with van der Waals surface area (Å²) in [5.41, 5.74) is 2.04. The molecule has 162 valence electrons. The van der Waals surface area contributed by atoms with Crippen molar-refractivity contribution in [2.45, 2.75) is 31.7 Å². The summed E-state index contributed by atoms with van der Waals surface area (Å²) in [7, 11) is 0. The Hall–Kier alpha value is -2.30. The Labute approximate surface area is 193 Å². The van der Waals surface area contributed by atoms with Crippen molar-refractivity contribution in [2.75, 3.05) is 19.6 Å². The van der Waals surface area contributed by atoms with E-state index in [4.69, 9.17) is 23.2 Å². The van der Waals surface area contributed by atoms with Gasteiger partial charge < -0.3 is 9.80 Å². The molecule has 0 aliphatic carbocycles. The number of carbonyl (C=O) groups excluding carboxylic acids is 2.